The average Bonchev–Trinajstić information content (AvgIpc) is 3.49. The van der Waals surface area contributed by atoms with E-state index in [1.54, 1.807) is 11.8 Å². The summed E-state index contributed by atoms with van der Waals surface area (Å²) in [6.45, 7) is 12.0. The third-order valence-corrected chi connectivity index (χ3v) is 17.2. The molecule has 0 aromatic rings. The van der Waals surface area contributed by atoms with Crippen LogP contribution in [-0.2, 0) is 9.59 Å². The van der Waals surface area contributed by atoms with Gasteiger partial charge in [-0.2, -0.15) is 11.8 Å². The normalized spacial score (nSPS) is 45.5. The number of hydrogen-bond donors (Lipinski definition) is 3. The third-order valence-electron chi connectivity index (χ3n) is 16.2. The average molecular weight is 685 g/mol. The minimum absolute atomic E-state index is 0.0136. The third kappa shape index (κ3) is 5.38. The Bertz CT molecular complexity index is 1350. The number of thioether (sulfide) groups is 1. The van der Waals surface area contributed by atoms with Crippen molar-refractivity contribution in [3.63, 3.8) is 0 Å². The number of hydrogen-bond acceptors (Lipinski definition) is 5. The molecule has 0 bridgehead atoms. The monoisotopic (exact) mass is 684 g/mol. The summed E-state index contributed by atoms with van der Waals surface area (Å²) < 4.78 is 13.9. The fourth-order valence-electron chi connectivity index (χ4n) is 13.8. The Morgan fingerprint density at radius 1 is 0.938 bits per heavy atom. The smallest absolute Gasteiger partial charge is 0.321 e. The number of carboxylic acid groups (broad SMARTS) is 2. The van der Waals surface area contributed by atoms with E-state index in [1.165, 1.54) is 68.9 Å². The van der Waals surface area contributed by atoms with Gasteiger partial charge in [0, 0.05) is 36.7 Å². The van der Waals surface area contributed by atoms with Gasteiger partial charge in [-0.1, -0.05) is 46.3 Å². The van der Waals surface area contributed by atoms with Crippen molar-refractivity contribution in [3.8, 4) is 0 Å². The van der Waals surface area contributed by atoms with Gasteiger partial charge in [-0.15, -0.1) is 0 Å². The zero-order chi connectivity index (χ0) is 34.1. The number of carbonyl (C=O) groups is 2. The molecule has 9 unspecified atom stereocenters. The lowest BCUT2D eigenvalue weighted by Gasteiger charge is -2.68. The lowest BCUT2D eigenvalue weighted by Crippen LogP contribution is -2.64. The van der Waals surface area contributed by atoms with E-state index in [0.29, 0.717) is 42.3 Å². The molecule has 1 saturated heterocycles. The summed E-state index contributed by atoms with van der Waals surface area (Å²) in [5, 5.41) is 23.7. The van der Waals surface area contributed by atoms with Gasteiger partial charge in [0.1, 0.15) is 12.7 Å². The number of fused-ring (bicyclic) bond motifs is 7. The standard InChI is InChI=1S/C40H61FN2O4S/c1-36(2)28(26-9-17-39(25-41,18-10-26)35(46)47)11-15-38(4)32(36)13-16-37(3)29-12-19-40(14-5-6-30(40)27(29)7-8-33(37)38)42-20-21-43-22-23-48-24-31(43)34(44)45/h9,11,27,29-33,42H,5-8,10,12-25H2,1-4H3,(H,44,45)(H,46,47)/t27?,29?,30?,31?,32?,33?,37?,38?,39-,40?/m1/s1. The second-order valence-electron chi connectivity index (χ2n) is 18.3. The first-order valence-corrected chi connectivity index (χ1v) is 20.5. The Balaban J connectivity index is 1.07. The van der Waals surface area contributed by atoms with E-state index in [4.69, 9.17) is 0 Å². The molecule has 0 spiro atoms. The van der Waals surface area contributed by atoms with Crippen LogP contribution in [0.4, 0.5) is 4.39 Å². The van der Waals surface area contributed by atoms with Crippen molar-refractivity contribution in [2.45, 2.75) is 123 Å². The van der Waals surface area contributed by atoms with Gasteiger partial charge in [0.15, 0.2) is 0 Å². The molecule has 10 atom stereocenters. The molecule has 268 valence electrons. The molecule has 7 rings (SSSR count). The highest BCUT2D eigenvalue weighted by atomic mass is 32.2. The molecule has 48 heavy (non-hydrogen) atoms. The molecule has 6 aliphatic carbocycles. The van der Waals surface area contributed by atoms with Crippen LogP contribution < -0.4 is 5.32 Å². The second kappa shape index (κ2) is 12.7. The van der Waals surface area contributed by atoms with Crippen LogP contribution in [0.5, 0.6) is 0 Å². The molecule has 5 fully saturated rings. The van der Waals surface area contributed by atoms with Crippen LogP contribution in [0, 0.1) is 51.2 Å². The van der Waals surface area contributed by atoms with Gasteiger partial charge in [0.25, 0.3) is 0 Å². The summed E-state index contributed by atoms with van der Waals surface area (Å²) in [5.74, 6) is 3.66. The quantitative estimate of drug-likeness (QED) is 0.239. The van der Waals surface area contributed by atoms with Gasteiger partial charge in [-0.05, 0) is 134 Å². The van der Waals surface area contributed by atoms with E-state index in [-0.39, 0.29) is 22.4 Å². The van der Waals surface area contributed by atoms with Crippen LogP contribution in [0.25, 0.3) is 0 Å². The molecule has 8 heteroatoms. The number of allylic oxidation sites excluding steroid dienone is 4. The molecule has 0 aromatic carbocycles. The lowest BCUT2D eigenvalue weighted by molar-refractivity contribution is -0.175. The number of nitrogens with zero attached hydrogens (tertiary/aromatic N) is 1. The number of alkyl halides is 1. The first kappa shape index (κ1) is 35.0. The van der Waals surface area contributed by atoms with Gasteiger partial charge in [-0.3, -0.25) is 14.5 Å². The summed E-state index contributed by atoms with van der Waals surface area (Å²) in [6.07, 6.45) is 18.8. The van der Waals surface area contributed by atoms with Crippen molar-refractivity contribution in [3.05, 3.63) is 23.3 Å². The van der Waals surface area contributed by atoms with E-state index in [1.807, 2.05) is 0 Å². The topological polar surface area (TPSA) is 89.9 Å². The fourth-order valence-corrected chi connectivity index (χ4v) is 14.9. The lowest BCUT2D eigenvalue weighted by atomic mass is 9.37. The maximum Gasteiger partial charge on any atom is 0.321 e. The highest BCUT2D eigenvalue weighted by Crippen LogP contribution is 2.72. The van der Waals surface area contributed by atoms with E-state index in [9.17, 15) is 24.2 Å². The summed E-state index contributed by atoms with van der Waals surface area (Å²) in [5.41, 5.74) is 2.30. The Labute approximate surface area is 292 Å². The van der Waals surface area contributed by atoms with E-state index in [0.717, 1.165) is 49.6 Å². The fraction of sp³-hybridized carbons (Fsp3) is 0.850. The van der Waals surface area contributed by atoms with Crippen LogP contribution in [0.15, 0.2) is 23.3 Å². The largest absolute Gasteiger partial charge is 0.481 e. The molecule has 3 N–H and O–H groups in total. The van der Waals surface area contributed by atoms with Crippen molar-refractivity contribution >= 4 is 23.7 Å². The molecule has 0 amide bonds. The Hall–Kier alpha value is -1.38. The molecule has 0 radical (unpaired) electrons. The highest BCUT2D eigenvalue weighted by molar-refractivity contribution is 7.99. The Morgan fingerprint density at radius 2 is 1.75 bits per heavy atom. The minimum Gasteiger partial charge on any atom is -0.481 e. The van der Waals surface area contributed by atoms with Crippen molar-refractivity contribution in [2.24, 2.45) is 51.2 Å². The van der Waals surface area contributed by atoms with Gasteiger partial charge < -0.3 is 15.5 Å². The van der Waals surface area contributed by atoms with Crippen LogP contribution in [0.2, 0.25) is 0 Å². The zero-order valence-electron chi connectivity index (χ0n) is 30.0. The van der Waals surface area contributed by atoms with E-state index < -0.39 is 24.0 Å². The van der Waals surface area contributed by atoms with Crippen molar-refractivity contribution in [1.29, 1.82) is 0 Å². The predicted octanol–water partition coefficient (Wildman–Crippen LogP) is 7.98. The first-order chi connectivity index (χ1) is 22.8. The number of carboxylic acids is 2. The summed E-state index contributed by atoms with van der Waals surface area (Å²) in [6, 6.07) is -0.349. The number of halogens is 1. The predicted molar refractivity (Wildman–Crippen MR) is 191 cm³/mol. The molecule has 7 aliphatic rings. The van der Waals surface area contributed by atoms with Gasteiger partial charge in [-0.25, -0.2) is 4.39 Å². The van der Waals surface area contributed by atoms with Crippen molar-refractivity contribution in [1.82, 2.24) is 10.2 Å². The van der Waals surface area contributed by atoms with E-state index in [2.05, 4.69) is 50.1 Å². The maximum atomic E-state index is 13.9. The van der Waals surface area contributed by atoms with Crippen molar-refractivity contribution < 1.29 is 24.2 Å². The summed E-state index contributed by atoms with van der Waals surface area (Å²) in [7, 11) is 0. The summed E-state index contributed by atoms with van der Waals surface area (Å²) >= 11 is 1.77. The van der Waals surface area contributed by atoms with E-state index >= 15 is 0 Å². The maximum absolute atomic E-state index is 13.9. The number of rotatable bonds is 8. The number of aliphatic carboxylic acids is 2. The molecule has 1 heterocycles. The SMILES string of the molecule is CC1(C)C(C2=CC[C@@](CF)(C(=O)O)CC2)=CCC2(C)C1CCC1(C)C3CCC4(NCCN5CCSCC5C(=O)O)CCCC4C3CCC12. The van der Waals surface area contributed by atoms with Crippen LogP contribution >= 0.6 is 11.8 Å². The Kier molecular flexibility index (Phi) is 9.26. The van der Waals surface area contributed by atoms with Gasteiger partial charge >= 0.3 is 11.9 Å². The minimum atomic E-state index is -1.24. The van der Waals surface area contributed by atoms with Crippen LogP contribution in [0.1, 0.15) is 111 Å². The molecule has 0 aromatic heterocycles. The molecule has 6 nitrogen and oxygen atoms in total. The summed E-state index contributed by atoms with van der Waals surface area (Å²) in [4.78, 5) is 26.0. The first-order valence-electron chi connectivity index (χ1n) is 19.3. The second-order valence-corrected chi connectivity index (χ2v) is 19.4. The zero-order valence-corrected chi connectivity index (χ0v) is 30.8. The van der Waals surface area contributed by atoms with Crippen molar-refractivity contribution in [2.75, 3.05) is 37.8 Å². The highest BCUT2D eigenvalue weighted by Gasteiger charge is 2.65. The number of nitrogens with one attached hydrogen (secondary N) is 1. The molecule has 1 aliphatic heterocycles. The van der Waals surface area contributed by atoms with Gasteiger partial charge in [0.05, 0.1) is 5.41 Å². The molecular formula is C40H61FN2O4S. The van der Waals surface area contributed by atoms with Crippen LogP contribution in [-0.4, -0.2) is 76.4 Å². The molecule has 4 saturated carbocycles. The van der Waals surface area contributed by atoms with Crippen LogP contribution in [0.3, 0.4) is 0 Å². The Morgan fingerprint density at radius 3 is 2.46 bits per heavy atom. The van der Waals surface area contributed by atoms with Gasteiger partial charge in [0.2, 0.25) is 0 Å². The molecular weight excluding hydrogens is 624 g/mol.